The molecule has 100 valence electrons. The normalized spacial score (nSPS) is 11.2. The number of halogens is 1. The van der Waals surface area contributed by atoms with Crippen molar-refractivity contribution in [1.82, 2.24) is 0 Å². The second kappa shape index (κ2) is 6.19. The average molecular weight is 336 g/mol. The lowest BCUT2D eigenvalue weighted by atomic mass is 10.2. The summed E-state index contributed by atoms with van der Waals surface area (Å²) < 4.78 is 26.2. The summed E-state index contributed by atoms with van der Waals surface area (Å²) in [6.45, 7) is 1.91. The van der Waals surface area contributed by atoms with Crippen LogP contribution in [0.2, 0.25) is 0 Å². The number of rotatable bonds is 6. The largest absolute Gasteiger partial charge is 0.478 e. The van der Waals surface area contributed by atoms with Crippen LogP contribution in [0.3, 0.4) is 0 Å². The standard InChI is InChI=1S/C11H14BrNO4S/c1-2-3-6-18(16,17)13-10-5-4-8(11(14)15)7-9(10)12/h4-5,7,13H,2-3,6H2,1H3,(H,14,15). The molecule has 0 saturated carbocycles. The Labute approximate surface area is 114 Å². The van der Waals surface area contributed by atoms with Gasteiger partial charge < -0.3 is 5.11 Å². The first kappa shape index (κ1) is 15.0. The second-order valence-corrected chi connectivity index (χ2v) is 6.47. The average Bonchev–Trinajstić information content (AvgIpc) is 2.29. The van der Waals surface area contributed by atoms with Crippen LogP contribution in [0.4, 0.5) is 5.69 Å². The molecule has 0 atom stereocenters. The van der Waals surface area contributed by atoms with Crippen molar-refractivity contribution in [3.8, 4) is 0 Å². The lowest BCUT2D eigenvalue weighted by Crippen LogP contribution is -2.17. The van der Waals surface area contributed by atoms with Gasteiger partial charge >= 0.3 is 5.97 Å². The van der Waals surface area contributed by atoms with Gasteiger partial charge in [-0.15, -0.1) is 0 Å². The first-order chi connectivity index (χ1) is 8.35. The molecule has 0 aliphatic heterocycles. The molecule has 0 heterocycles. The first-order valence-corrected chi connectivity index (χ1v) is 7.83. The van der Waals surface area contributed by atoms with Gasteiger partial charge in [0.25, 0.3) is 0 Å². The van der Waals surface area contributed by atoms with Crippen molar-refractivity contribution in [1.29, 1.82) is 0 Å². The van der Waals surface area contributed by atoms with Crippen LogP contribution in [0.15, 0.2) is 22.7 Å². The zero-order valence-corrected chi connectivity index (χ0v) is 12.2. The molecule has 1 aromatic carbocycles. The summed E-state index contributed by atoms with van der Waals surface area (Å²) in [5.74, 6) is -1.01. The Morgan fingerprint density at radius 3 is 2.61 bits per heavy atom. The molecular formula is C11H14BrNO4S. The molecule has 0 aliphatic carbocycles. The van der Waals surface area contributed by atoms with Crippen LogP contribution in [-0.4, -0.2) is 25.2 Å². The predicted octanol–water partition coefficient (Wildman–Crippen LogP) is 2.69. The SMILES string of the molecule is CCCCS(=O)(=O)Nc1ccc(C(=O)O)cc1Br. The van der Waals surface area contributed by atoms with E-state index in [0.717, 1.165) is 6.42 Å². The lowest BCUT2D eigenvalue weighted by Gasteiger charge is -2.09. The minimum atomic E-state index is -3.38. The molecule has 0 saturated heterocycles. The number of benzene rings is 1. The molecule has 18 heavy (non-hydrogen) atoms. The number of carbonyl (C=O) groups is 1. The molecule has 2 N–H and O–H groups in total. The van der Waals surface area contributed by atoms with Crippen molar-refractivity contribution in [2.24, 2.45) is 0 Å². The molecule has 0 fully saturated rings. The van der Waals surface area contributed by atoms with Crippen molar-refractivity contribution >= 4 is 37.6 Å². The van der Waals surface area contributed by atoms with E-state index in [1.165, 1.54) is 18.2 Å². The van der Waals surface area contributed by atoms with E-state index in [1.54, 1.807) is 0 Å². The molecule has 0 aliphatic rings. The highest BCUT2D eigenvalue weighted by Crippen LogP contribution is 2.24. The van der Waals surface area contributed by atoms with Crippen LogP contribution in [-0.2, 0) is 10.0 Å². The van der Waals surface area contributed by atoms with Crippen molar-refractivity contribution in [2.75, 3.05) is 10.5 Å². The molecule has 0 aromatic heterocycles. The van der Waals surface area contributed by atoms with Gasteiger partial charge in [0.15, 0.2) is 0 Å². The number of unbranched alkanes of at least 4 members (excludes halogenated alkanes) is 1. The fourth-order valence-electron chi connectivity index (χ4n) is 1.28. The number of carboxylic acid groups (broad SMARTS) is 1. The highest BCUT2D eigenvalue weighted by atomic mass is 79.9. The summed E-state index contributed by atoms with van der Waals surface area (Å²) in [7, 11) is -3.38. The number of sulfonamides is 1. The van der Waals surface area contributed by atoms with Crippen molar-refractivity contribution in [3.63, 3.8) is 0 Å². The summed E-state index contributed by atoms with van der Waals surface area (Å²) in [5.41, 5.74) is 0.439. The van der Waals surface area contributed by atoms with E-state index in [-0.39, 0.29) is 11.3 Å². The van der Waals surface area contributed by atoms with Crippen LogP contribution in [0.5, 0.6) is 0 Å². The van der Waals surface area contributed by atoms with Gasteiger partial charge in [0.05, 0.1) is 17.0 Å². The summed E-state index contributed by atoms with van der Waals surface area (Å²) in [5, 5.41) is 8.79. The number of aromatic carboxylic acids is 1. The molecule has 5 nitrogen and oxygen atoms in total. The monoisotopic (exact) mass is 335 g/mol. The fourth-order valence-corrected chi connectivity index (χ4v) is 3.18. The highest BCUT2D eigenvalue weighted by Gasteiger charge is 2.13. The maximum atomic E-state index is 11.7. The quantitative estimate of drug-likeness (QED) is 0.837. The third-order valence-corrected chi connectivity index (χ3v) is 4.26. The molecule has 0 radical (unpaired) electrons. The highest BCUT2D eigenvalue weighted by molar-refractivity contribution is 9.10. The number of hydrogen-bond acceptors (Lipinski definition) is 3. The third kappa shape index (κ3) is 4.30. The van der Waals surface area contributed by atoms with Gasteiger partial charge in [-0.05, 0) is 40.5 Å². The van der Waals surface area contributed by atoms with Crippen LogP contribution in [0.1, 0.15) is 30.1 Å². The van der Waals surface area contributed by atoms with E-state index in [4.69, 9.17) is 5.11 Å². The fraction of sp³-hybridized carbons (Fsp3) is 0.364. The van der Waals surface area contributed by atoms with Crippen LogP contribution < -0.4 is 4.72 Å². The zero-order chi connectivity index (χ0) is 13.8. The molecule has 0 bridgehead atoms. The van der Waals surface area contributed by atoms with Gasteiger partial charge in [-0.1, -0.05) is 13.3 Å². The Bertz CT molecular complexity index is 542. The van der Waals surface area contributed by atoms with Gasteiger partial charge in [-0.25, -0.2) is 13.2 Å². The molecular weight excluding hydrogens is 322 g/mol. The van der Waals surface area contributed by atoms with E-state index < -0.39 is 16.0 Å². The third-order valence-electron chi connectivity index (χ3n) is 2.25. The lowest BCUT2D eigenvalue weighted by molar-refractivity contribution is 0.0697. The second-order valence-electron chi connectivity index (χ2n) is 3.77. The molecule has 0 spiro atoms. The molecule has 1 aromatic rings. The van der Waals surface area contributed by atoms with Crippen LogP contribution in [0.25, 0.3) is 0 Å². The predicted molar refractivity (Wildman–Crippen MR) is 73.4 cm³/mol. The molecule has 0 unspecified atom stereocenters. The minimum Gasteiger partial charge on any atom is -0.478 e. The number of nitrogens with one attached hydrogen (secondary N) is 1. The van der Waals surface area contributed by atoms with Crippen LogP contribution in [0, 0.1) is 0 Å². The van der Waals surface area contributed by atoms with E-state index in [2.05, 4.69) is 20.7 Å². The molecule has 0 amide bonds. The van der Waals surface area contributed by atoms with Crippen LogP contribution >= 0.6 is 15.9 Å². The molecule has 1 rings (SSSR count). The summed E-state index contributed by atoms with van der Waals surface area (Å²) in [4.78, 5) is 10.7. The summed E-state index contributed by atoms with van der Waals surface area (Å²) in [6, 6.07) is 4.14. The Kier molecular flexibility index (Phi) is 5.15. The Hall–Kier alpha value is -1.08. The number of carboxylic acids is 1. The van der Waals surface area contributed by atoms with Gasteiger partial charge in [0, 0.05) is 4.47 Å². The van der Waals surface area contributed by atoms with Crippen molar-refractivity contribution in [2.45, 2.75) is 19.8 Å². The topological polar surface area (TPSA) is 83.5 Å². The number of hydrogen-bond donors (Lipinski definition) is 2. The van der Waals surface area contributed by atoms with Crippen molar-refractivity contribution in [3.05, 3.63) is 28.2 Å². The van der Waals surface area contributed by atoms with E-state index >= 15 is 0 Å². The van der Waals surface area contributed by atoms with Gasteiger partial charge in [-0.2, -0.15) is 0 Å². The Morgan fingerprint density at radius 2 is 2.11 bits per heavy atom. The smallest absolute Gasteiger partial charge is 0.335 e. The van der Waals surface area contributed by atoms with Gasteiger partial charge in [0.1, 0.15) is 0 Å². The van der Waals surface area contributed by atoms with Gasteiger partial charge in [-0.3, -0.25) is 4.72 Å². The van der Waals surface area contributed by atoms with E-state index in [9.17, 15) is 13.2 Å². The first-order valence-electron chi connectivity index (χ1n) is 5.39. The minimum absolute atomic E-state index is 0.0522. The summed E-state index contributed by atoms with van der Waals surface area (Å²) in [6.07, 6.45) is 1.38. The van der Waals surface area contributed by atoms with E-state index in [1.807, 2.05) is 6.92 Å². The van der Waals surface area contributed by atoms with Gasteiger partial charge in [0.2, 0.25) is 10.0 Å². The van der Waals surface area contributed by atoms with E-state index in [0.29, 0.717) is 16.6 Å². The van der Waals surface area contributed by atoms with Crippen molar-refractivity contribution < 1.29 is 18.3 Å². The Morgan fingerprint density at radius 1 is 1.44 bits per heavy atom. The maximum Gasteiger partial charge on any atom is 0.335 e. The summed E-state index contributed by atoms with van der Waals surface area (Å²) >= 11 is 3.15. The Balaban J connectivity index is 2.89. The molecule has 7 heteroatoms. The number of anilines is 1. The zero-order valence-electron chi connectivity index (χ0n) is 9.81. The maximum absolute atomic E-state index is 11.7.